The normalized spacial score (nSPS) is 12.1. The lowest BCUT2D eigenvalue weighted by molar-refractivity contribution is 0.414. The molecule has 10 heteroatoms. The van der Waals surface area contributed by atoms with Gasteiger partial charge in [-0.2, -0.15) is 12.7 Å². The zero-order valence-electron chi connectivity index (χ0n) is 19.7. The van der Waals surface area contributed by atoms with Gasteiger partial charge in [-0.1, -0.05) is 30.3 Å². The molecule has 0 bridgehead atoms. The van der Waals surface area contributed by atoms with Crippen LogP contribution in [0.4, 0.5) is 5.82 Å². The first kappa shape index (κ1) is 23.9. The van der Waals surface area contributed by atoms with Crippen molar-refractivity contribution in [3.05, 3.63) is 59.9 Å². The number of nitrogen functional groups attached to an aromatic ring is 1. The molecule has 4 aromatic rings. The smallest absolute Gasteiger partial charge is 0.278 e. The summed E-state index contributed by atoms with van der Waals surface area (Å²) < 4.78 is 35.2. The summed E-state index contributed by atoms with van der Waals surface area (Å²) in [5, 5.41) is 0.994. The lowest BCUT2D eigenvalue weighted by Crippen LogP contribution is -2.36. The van der Waals surface area contributed by atoms with Crippen LogP contribution in [-0.4, -0.2) is 55.0 Å². The Hall–Kier alpha value is -3.21. The Labute approximate surface area is 199 Å². The SMILES string of the molecule is COc1ccc(Cc2nc3c(N)nc4ccccc4c3n2CCCCNS(=O)(=O)N(C)C)cc1. The predicted molar refractivity (Wildman–Crippen MR) is 135 cm³/mol. The van der Waals surface area contributed by atoms with E-state index in [4.69, 9.17) is 15.5 Å². The maximum absolute atomic E-state index is 12.0. The molecule has 2 heterocycles. The number of unbranched alkanes of at least 4 members (excludes halogenated alkanes) is 1. The molecule has 34 heavy (non-hydrogen) atoms. The molecule has 180 valence electrons. The lowest BCUT2D eigenvalue weighted by atomic mass is 10.1. The van der Waals surface area contributed by atoms with E-state index in [1.165, 1.54) is 18.4 Å². The second kappa shape index (κ2) is 9.96. The summed E-state index contributed by atoms with van der Waals surface area (Å²) in [7, 11) is 1.24. The molecule has 0 aliphatic rings. The molecule has 0 aliphatic carbocycles. The number of benzene rings is 2. The summed E-state index contributed by atoms with van der Waals surface area (Å²) in [4.78, 5) is 9.43. The number of aryl methyl sites for hydroxylation is 1. The van der Waals surface area contributed by atoms with Crippen LogP contribution in [0.15, 0.2) is 48.5 Å². The topological polar surface area (TPSA) is 115 Å². The third-order valence-corrected chi connectivity index (χ3v) is 7.31. The largest absolute Gasteiger partial charge is 0.497 e. The molecule has 0 amide bonds. The van der Waals surface area contributed by atoms with Crippen molar-refractivity contribution < 1.29 is 13.2 Å². The zero-order chi connectivity index (χ0) is 24.3. The molecule has 0 fully saturated rings. The Bertz CT molecular complexity index is 1400. The number of para-hydroxylation sites is 1. The molecule has 2 aromatic carbocycles. The van der Waals surface area contributed by atoms with E-state index in [0.29, 0.717) is 37.3 Å². The molecule has 0 radical (unpaired) electrons. The monoisotopic (exact) mass is 482 g/mol. The highest BCUT2D eigenvalue weighted by molar-refractivity contribution is 7.87. The van der Waals surface area contributed by atoms with Gasteiger partial charge in [0.1, 0.15) is 17.1 Å². The second-order valence-electron chi connectivity index (χ2n) is 8.30. The van der Waals surface area contributed by atoms with Gasteiger partial charge in [0.2, 0.25) is 0 Å². The van der Waals surface area contributed by atoms with Crippen LogP contribution in [-0.2, 0) is 23.2 Å². The number of hydrogen-bond acceptors (Lipinski definition) is 6. The molecular formula is C24H30N6O3S. The third-order valence-electron chi connectivity index (χ3n) is 5.78. The number of methoxy groups -OCH3 is 1. The van der Waals surface area contributed by atoms with Crippen molar-refractivity contribution in [1.82, 2.24) is 23.6 Å². The maximum Gasteiger partial charge on any atom is 0.278 e. The van der Waals surface area contributed by atoms with Crippen molar-refractivity contribution in [3.63, 3.8) is 0 Å². The van der Waals surface area contributed by atoms with Gasteiger partial charge in [0, 0.05) is 39.0 Å². The van der Waals surface area contributed by atoms with E-state index < -0.39 is 10.2 Å². The first-order valence-electron chi connectivity index (χ1n) is 11.1. The van der Waals surface area contributed by atoms with Gasteiger partial charge in [0.25, 0.3) is 10.2 Å². The molecule has 4 rings (SSSR count). The molecule has 3 N–H and O–H groups in total. The molecular weight excluding hydrogens is 452 g/mol. The number of rotatable bonds is 10. The minimum Gasteiger partial charge on any atom is -0.497 e. The van der Waals surface area contributed by atoms with Crippen molar-refractivity contribution in [3.8, 4) is 5.75 Å². The average Bonchev–Trinajstić information content (AvgIpc) is 3.18. The first-order chi connectivity index (χ1) is 16.3. The highest BCUT2D eigenvalue weighted by Crippen LogP contribution is 2.30. The van der Waals surface area contributed by atoms with Crippen LogP contribution < -0.4 is 15.2 Å². The summed E-state index contributed by atoms with van der Waals surface area (Å²) in [5.41, 5.74) is 9.88. The van der Waals surface area contributed by atoms with Crippen LogP contribution in [0, 0.1) is 0 Å². The van der Waals surface area contributed by atoms with Crippen LogP contribution in [0.1, 0.15) is 24.2 Å². The van der Waals surface area contributed by atoms with E-state index in [-0.39, 0.29) is 0 Å². The Balaban J connectivity index is 1.65. The Morgan fingerprint density at radius 2 is 1.79 bits per heavy atom. The number of anilines is 1. The molecule has 0 saturated heterocycles. The molecule has 9 nitrogen and oxygen atoms in total. The Kier molecular flexibility index (Phi) is 7.01. The van der Waals surface area contributed by atoms with Gasteiger partial charge in [0.15, 0.2) is 5.82 Å². The zero-order valence-corrected chi connectivity index (χ0v) is 20.5. The van der Waals surface area contributed by atoms with E-state index in [1.54, 1.807) is 7.11 Å². The van der Waals surface area contributed by atoms with E-state index in [9.17, 15) is 8.42 Å². The molecule has 2 aromatic heterocycles. The Morgan fingerprint density at radius 1 is 1.06 bits per heavy atom. The van der Waals surface area contributed by atoms with Crippen molar-refractivity contribution >= 4 is 38.0 Å². The Morgan fingerprint density at radius 3 is 2.50 bits per heavy atom. The maximum atomic E-state index is 12.0. The van der Waals surface area contributed by atoms with Gasteiger partial charge in [-0.15, -0.1) is 0 Å². The second-order valence-corrected chi connectivity index (χ2v) is 10.3. The van der Waals surface area contributed by atoms with Crippen molar-refractivity contribution in [2.24, 2.45) is 0 Å². The molecule has 0 spiro atoms. The number of hydrogen-bond donors (Lipinski definition) is 2. The minimum absolute atomic E-state index is 0.366. The summed E-state index contributed by atoms with van der Waals surface area (Å²) in [6.45, 7) is 1.05. The fourth-order valence-electron chi connectivity index (χ4n) is 3.93. The number of aromatic nitrogens is 3. The van der Waals surface area contributed by atoms with E-state index >= 15 is 0 Å². The number of nitrogens with zero attached hydrogens (tertiary/aromatic N) is 4. The minimum atomic E-state index is -3.43. The highest BCUT2D eigenvalue weighted by atomic mass is 32.2. The molecule has 0 saturated carbocycles. The summed E-state index contributed by atoms with van der Waals surface area (Å²) in [6, 6.07) is 15.8. The third kappa shape index (κ3) is 4.98. The fraction of sp³-hybridized carbons (Fsp3) is 0.333. The lowest BCUT2D eigenvalue weighted by Gasteiger charge is -2.13. The quantitative estimate of drug-likeness (QED) is 0.336. The first-order valence-corrected chi connectivity index (χ1v) is 12.6. The summed E-state index contributed by atoms with van der Waals surface area (Å²) >= 11 is 0. The molecule has 0 unspecified atom stereocenters. The van der Waals surface area contributed by atoms with Gasteiger partial charge in [-0.05, 0) is 36.6 Å². The van der Waals surface area contributed by atoms with Crippen molar-refractivity contribution in [2.45, 2.75) is 25.8 Å². The predicted octanol–water partition coefficient (Wildman–Crippen LogP) is 2.94. The number of fused-ring (bicyclic) bond motifs is 3. The summed E-state index contributed by atoms with van der Waals surface area (Å²) in [5.74, 6) is 2.10. The number of imidazole rings is 1. The van der Waals surface area contributed by atoms with Gasteiger partial charge >= 0.3 is 0 Å². The van der Waals surface area contributed by atoms with Gasteiger partial charge in [0.05, 0.1) is 18.1 Å². The van der Waals surface area contributed by atoms with Crippen LogP contribution in [0.3, 0.4) is 0 Å². The van der Waals surface area contributed by atoms with Crippen molar-refractivity contribution in [2.75, 3.05) is 33.5 Å². The van der Waals surface area contributed by atoms with E-state index in [1.807, 2.05) is 48.5 Å². The van der Waals surface area contributed by atoms with Crippen molar-refractivity contribution in [1.29, 1.82) is 0 Å². The van der Waals surface area contributed by atoms with Crippen LogP contribution >= 0.6 is 0 Å². The number of ether oxygens (including phenoxy) is 1. The average molecular weight is 483 g/mol. The summed E-state index contributed by atoms with van der Waals surface area (Å²) in [6.07, 6.45) is 2.08. The highest BCUT2D eigenvalue weighted by Gasteiger charge is 2.18. The van der Waals surface area contributed by atoms with E-state index in [2.05, 4.69) is 14.3 Å². The number of pyridine rings is 1. The van der Waals surface area contributed by atoms with Crippen LogP contribution in [0.5, 0.6) is 5.75 Å². The van der Waals surface area contributed by atoms with Gasteiger partial charge < -0.3 is 15.0 Å². The molecule has 0 atom stereocenters. The van der Waals surface area contributed by atoms with Crippen LogP contribution in [0.25, 0.3) is 21.9 Å². The van der Waals surface area contributed by atoms with Crippen LogP contribution in [0.2, 0.25) is 0 Å². The standard InChI is InChI=1S/C24H30N6O3S/c1-29(2)34(31,32)26-14-6-7-15-30-21(16-17-10-12-18(33-3)13-11-17)28-22-23(30)19-8-4-5-9-20(19)27-24(22)25/h4-5,8-13,26H,6-7,14-16H2,1-3H3,(H2,25,27). The van der Waals surface area contributed by atoms with Gasteiger partial charge in [-0.25, -0.2) is 14.7 Å². The molecule has 0 aliphatic heterocycles. The fourth-order valence-corrected chi connectivity index (χ4v) is 4.59. The number of nitrogens with one attached hydrogen (secondary N) is 1. The number of nitrogens with two attached hydrogens (primary N) is 1. The van der Waals surface area contributed by atoms with Gasteiger partial charge in [-0.3, -0.25) is 0 Å². The van der Waals surface area contributed by atoms with E-state index in [0.717, 1.165) is 40.0 Å².